The molecule has 0 aliphatic heterocycles. The van der Waals surface area contributed by atoms with Gasteiger partial charge in [-0.25, -0.2) is 4.98 Å². The van der Waals surface area contributed by atoms with Gasteiger partial charge in [0, 0.05) is 17.5 Å². The summed E-state index contributed by atoms with van der Waals surface area (Å²) in [6, 6.07) is 21.9. The van der Waals surface area contributed by atoms with E-state index in [-0.39, 0.29) is 0 Å². The SMILES string of the molecule is CCOc1ccc(CCNc2nc3c(-c4ccc(OC)cc4)nnn3c3ccccc23)cc1OCC. The van der Waals surface area contributed by atoms with Crippen molar-refractivity contribution in [2.45, 2.75) is 20.3 Å². The van der Waals surface area contributed by atoms with Crippen molar-refractivity contribution in [1.29, 1.82) is 0 Å². The van der Waals surface area contributed by atoms with Crippen LogP contribution in [0.2, 0.25) is 0 Å². The quantitative estimate of drug-likeness (QED) is 0.285. The highest BCUT2D eigenvalue weighted by atomic mass is 16.5. The van der Waals surface area contributed by atoms with Crippen molar-refractivity contribution >= 4 is 22.4 Å². The van der Waals surface area contributed by atoms with Gasteiger partial charge in [0.1, 0.15) is 17.3 Å². The maximum Gasteiger partial charge on any atom is 0.186 e. The molecule has 5 aromatic rings. The Balaban J connectivity index is 1.44. The van der Waals surface area contributed by atoms with Gasteiger partial charge in [-0.05, 0) is 74.4 Å². The highest BCUT2D eigenvalue weighted by molar-refractivity contribution is 5.93. The number of methoxy groups -OCH3 is 1. The lowest BCUT2D eigenvalue weighted by Gasteiger charge is -2.13. The summed E-state index contributed by atoms with van der Waals surface area (Å²) in [5.41, 5.74) is 4.44. The van der Waals surface area contributed by atoms with E-state index in [1.54, 1.807) is 11.6 Å². The van der Waals surface area contributed by atoms with E-state index in [1.807, 2.05) is 74.5 Å². The molecule has 0 amide bonds. The summed E-state index contributed by atoms with van der Waals surface area (Å²) in [5, 5.41) is 13.4. The lowest BCUT2D eigenvalue weighted by molar-refractivity contribution is 0.287. The molecule has 0 spiro atoms. The van der Waals surface area contributed by atoms with Gasteiger partial charge in [0.05, 0.1) is 25.8 Å². The Hall–Kier alpha value is -4.33. The summed E-state index contributed by atoms with van der Waals surface area (Å²) >= 11 is 0. The number of anilines is 1. The van der Waals surface area contributed by atoms with E-state index in [9.17, 15) is 0 Å². The van der Waals surface area contributed by atoms with Crippen LogP contribution in [0, 0.1) is 0 Å². The van der Waals surface area contributed by atoms with Crippen LogP contribution in [0.3, 0.4) is 0 Å². The fourth-order valence-electron chi connectivity index (χ4n) is 4.21. The van der Waals surface area contributed by atoms with E-state index < -0.39 is 0 Å². The number of hydrogen-bond acceptors (Lipinski definition) is 7. The van der Waals surface area contributed by atoms with Gasteiger partial charge < -0.3 is 19.5 Å². The molecule has 0 saturated heterocycles. The zero-order valence-corrected chi connectivity index (χ0v) is 20.7. The van der Waals surface area contributed by atoms with Crippen LogP contribution < -0.4 is 19.5 Å². The molecule has 36 heavy (non-hydrogen) atoms. The van der Waals surface area contributed by atoms with Crippen LogP contribution in [0.4, 0.5) is 5.82 Å². The van der Waals surface area contributed by atoms with Crippen molar-refractivity contribution in [3.05, 3.63) is 72.3 Å². The molecule has 3 aromatic carbocycles. The third kappa shape index (κ3) is 4.62. The molecule has 184 valence electrons. The molecule has 2 aromatic heterocycles. The molecular formula is C28H29N5O3. The van der Waals surface area contributed by atoms with Crippen LogP contribution in [0.15, 0.2) is 66.7 Å². The second-order valence-corrected chi connectivity index (χ2v) is 8.20. The maximum atomic E-state index is 5.78. The number of para-hydroxylation sites is 1. The Kier molecular flexibility index (Phi) is 6.84. The topological polar surface area (TPSA) is 82.8 Å². The van der Waals surface area contributed by atoms with Crippen LogP contribution >= 0.6 is 0 Å². The van der Waals surface area contributed by atoms with Crippen molar-refractivity contribution in [2.24, 2.45) is 0 Å². The van der Waals surface area contributed by atoms with Crippen molar-refractivity contribution in [2.75, 3.05) is 32.2 Å². The maximum absolute atomic E-state index is 5.78. The Morgan fingerprint density at radius 3 is 2.44 bits per heavy atom. The zero-order valence-electron chi connectivity index (χ0n) is 20.7. The molecule has 8 heteroatoms. The van der Waals surface area contributed by atoms with Gasteiger partial charge in [0.2, 0.25) is 0 Å². The predicted octanol–water partition coefficient (Wildman–Crippen LogP) is 5.41. The minimum absolute atomic E-state index is 0.591. The number of aromatic nitrogens is 4. The number of benzene rings is 3. The molecule has 0 radical (unpaired) electrons. The first-order valence-electron chi connectivity index (χ1n) is 12.1. The standard InChI is InChI=1S/C28H29N5O3/c1-4-35-24-15-10-19(18-25(24)36-5-2)16-17-29-27-22-8-6-7-9-23(22)33-28(30-27)26(31-32-33)20-11-13-21(34-3)14-12-20/h6-15,18H,4-5,16-17H2,1-3H3,(H,29,30). The lowest BCUT2D eigenvalue weighted by atomic mass is 10.1. The summed E-state index contributed by atoms with van der Waals surface area (Å²) in [7, 11) is 1.65. The van der Waals surface area contributed by atoms with Crippen LogP contribution in [0.1, 0.15) is 19.4 Å². The summed E-state index contributed by atoms with van der Waals surface area (Å²) in [6.45, 7) is 5.84. The molecule has 0 unspecified atom stereocenters. The molecule has 0 atom stereocenters. The molecule has 2 heterocycles. The first kappa shape index (κ1) is 23.4. The Labute approximate surface area is 209 Å². The minimum atomic E-state index is 0.591. The Morgan fingerprint density at radius 2 is 1.67 bits per heavy atom. The highest BCUT2D eigenvalue weighted by Gasteiger charge is 2.16. The van der Waals surface area contributed by atoms with Crippen molar-refractivity contribution in [1.82, 2.24) is 19.8 Å². The number of fused-ring (bicyclic) bond motifs is 3. The lowest BCUT2D eigenvalue weighted by Crippen LogP contribution is -2.09. The fraction of sp³-hybridized carbons (Fsp3) is 0.250. The molecule has 8 nitrogen and oxygen atoms in total. The zero-order chi connectivity index (χ0) is 24.9. The second kappa shape index (κ2) is 10.5. The summed E-state index contributed by atoms with van der Waals surface area (Å²) in [6.07, 6.45) is 0.802. The van der Waals surface area contributed by atoms with Gasteiger partial charge in [0.15, 0.2) is 17.1 Å². The van der Waals surface area contributed by atoms with E-state index in [0.29, 0.717) is 25.4 Å². The molecule has 0 bridgehead atoms. The average molecular weight is 484 g/mol. The van der Waals surface area contributed by atoms with Gasteiger partial charge in [-0.2, -0.15) is 4.52 Å². The third-order valence-corrected chi connectivity index (χ3v) is 5.93. The molecule has 0 aliphatic rings. The fourth-order valence-corrected chi connectivity index (χ4v) is 4.21. The summed E-state index contributed by atoms with van der Waals surface area (Å²) < 4.78 is 18.5. The van der Waals surface area contributed by atoms with E-state index >= 15 is 0 Å². The van der Waals surface area contributed by atoms with Gasteiger partial charge in [-0.3, -0.25) is 0 Å². The van der Waals surface area contributed by atoms with Gasteiger partial charge >= 0.3 is 0 Å². The number of nitrogens with one attached hydrogen (secondary N) is 1. The molecule has 0 aliphatic carbocycles. The normalized spacial score (nSPS) is 11.1. The summed E-state index contributed by atoms with van der Waals surface area (Å²) in [5.74, 6) is 3.13. The van der Waals surface area contributed by atoms with E-state index in [2.05, 4.69) is 21.7 Å². The largest absolute Gasteiger partial charge is 0.497 e. The first-order chi connectivity index (χ1) is 17.7. The molecule has 0 fully saturated rings. The molecule has 1 N–H and O–H groups in total. The summed E-state index contributed by atoms with van der Waals surface area (Å²) in [4.78, 5) is 4.95. The predicted molar refractivity (Wildman–Crippen MR) is 141 cm³/mol. The van der Waals surface area contributed by atoms with Crippen molar-refractivity contribution < 1.29 is 14.2 Å². The monoisotopic (exact) mass is 483 g/mol. The second-order valence-electron chi connectivity index (χ2n) is 8.20. The molecular weight excluding hydrogens is 454 g/mol. The number of nitrogens with zero attached hydrogens (tertiary/aromatic N) is 4. The highest BCUT2D eigenvalue weighted by Crippen LogP contribution is 2.30. The van der Waals surface area contributed by atoms with E-state index in [0.717, 1.165) is 57.2 Å². The van der Waals surface area contributed by atoms with Gasteiger partial charge in [-0.15, -0.1) is 5.10 Å². The number of ether oxygens (including phenoxy) is 3. The van der Waals surface area contributed by atoms with Gasteiger partial charge in [-0.1, -0.05) is 23.4 Å². The smallest absolute Gasteiger partial charge is 0.186 e. The Morgan fingerprint density at radius 1 is 0.889 bits per heavy atom. The number of rotatable bonds is 10. The van der Waals surface area contributed by atoms with Crippen molar-refractivity contribution in [3.63, 3.8) is 0 Å². The van der Waals surface area contributed by atoms with E-state index in [4.69, 9.17) is 19.2 Å². The Bertz CT molecular complexity index is 1480. The van der Waals surface area contributed by atoms with Crippen molar-refractivity contribution in [3.8, 4) is 28.5 Å². The molecule has 5 rings (SSSR count). The van der Waals surface area contributed by atoms with Crippen LogP contribution in [0.25, 0.3) is 27.8 Å². The first-order valence-corrected chi connectivity index (χ1v) is 12.1. The third-order valence-electron chi connectivity index (χ3n) is 5.93. The van der Waals surface area contributed by atoms with Crippen LogP contribution in [-0.4, -0.2) is 46.7 Å². The number of hydrogen-bond donors (Lipinski definition) is 1. The van der Waals surface area contributed by atoms with Gasteiger partial charge in [0.25, 0.3) is 0 Å². The van der Waals surface area contributed by atoms with E-state index in [1.165, 1.54) is 0 Å². The van der Waals surface area contributed by atoms with Crippen LogP contribution in [0.5, 0.6) is 17.2 Å². The average Bonchev–Trinajstić information content (AvgIpc) is 3.34. The minimum Gasteiger partial charge on any atom is -0.497 e. The van der Waals surface area contributed by atoms with Crippen LogP contribution in [-0.2, 0) is 6.42 Å². The molecule has 0 saturated carbocycles.